The van der Waals surface area contributed by atoms with Gasteiger partial charge in [0.25, 0.3) is 0 Å². The Morgan fingerprint density at radius 1 is 0.667 bits per heavy atom. The average Bonchev–Trinajstić information content (AvgIpc) is 3.35. The third-order valence-corrected chi connectivity index (χ3v) is 13.6. The molecule has 4 fully saturated rings. The first kappa shape index (κ1) is 32.5. The first-order valence-corrected chi connectivity index (χ1v) is 19.7. The van der Waals surface area contributed by atoms with Crippen LogP contribution in [-0.4, -0.2) is 0 Å². The summed E-state index contributed by atoms with van der Waals surface area (Å²) in [6.45, 7) is 13.3. The van der Waals surface area contributed by atoms with E-state index < -0.39 is 0 Å². The Kier molecular flexibility index (Phi) is 7.73. The Bertz CT molecular complexity index is 2080. The van der Waals surface area contributed by atoms with Gasteiger partial charge in [0.2, 0.25) is 0 Å². The Morgan fingerprint density at radius 2 is 1.20 bits per heavy atom. The fourth-order valence-electron chi connectivity index (χ4n) is 11.5. The third-order valence-electron chi connectivity index (χ3n) is 13.6. The van der Waals surface area contributed by atoms with E-state index in [0.29, 0.717) is 5.41 Å². The van der Waals surface area contributed by atoms with Crippen LogP contribution < -0.4 is 4.90 Å². The summed E-state index contributed by atoms with van der Waals surface area (Å²) in [6.07, 6.45) is 13.7. The van der Waals surface area contributed by atoms with Crippen molar-refractivity contribution in [3.8, 4) is 11.1 Å². The number of aryl methyl sites for hydroxylation is 2. The number of anilines is 3. The average molecular weight is 668 g/mol. The van der Waals surface area contributed by atoms with Gasteiger partial charge < -0.3 is 4.90 Å². The van der Waals surface area contributed by atoms with Crippen LogP contribution >= 0.6 is 0 Å². The molecule has 0 N–H and O–H groups in total. The Morgan fingerprint density at radius 3 is 1.78 bits per heavy atom. The predicted octanol–water partition coefficient (Wildman–Crippen LogP) is 13.5. The lowest BCUT2D eigenvalue weighted by atomic mass is 9.42. The second-order valence-corrected chi connectivity index (χ2v) is 17.4. The van der Waals surface area contributed by atoms with Crippen molar-refractivity contribution in [2.75, 3.05) is 4.90 Å². The van der Waals surface area contributed by atoms with Crippen LogP contribution in [0.15, 0.2) is 116 Å². The molecule has 10 rings (SSSR count). The van der Waals surface area contributed by atoms with E-state index in [1.54, 1.807) is 11.1 Å². The molecule has 5 aliphatic carbocycles. The van der Waals surface area contributed by atoms with Crippen LogP contribution in [0.4, 0.5) is 17.1 Å². The summed E-state index contributed by atoms with van der Waals surface area (Å²) in [5.41, 5.74) is 17.0. The van der Waals surface area contributed by atoms with E-state index in [-0.39, 0.29) is 10.8 Å². The fraction of sp³-hybridized carbons (Fsp3) is 0.360. The highest BCUT2D eigenvalue weighted by atomic mass is 15.1. The molecule has 258 valence electrons. The standard InChI is InChI=1S/C50H53N/c1-6-8-9-36-13-19-41(20-14-36)51(43-23-25-47-45(28-43)44-26-34(3)10-24-46(44)48(47,4)5)42-21-17-40(18-22-42)50-31-37-27-38(32-50)30-49(29-37,33-50)39-15-11-35(7-2)12-16-39/h7,10-26,28,37-38H,2,6,8-9,27,29-33H2,1,3-5H3. The minimum atomic E-state index is -0.00673. The minimum Gasteiger partial charge on any atom is -0.310 e. The summed E-state index contributed by atoms with van der Waals surface area (Å²) < 4.78 is 0. The van der Waals surface area contributed by atoms with Crippen molar-refractivity contribution >= 4 is 23.1 Å². The van der Waals surface area contributed by atoms with Gasteiger partial charge in [-0.2, -0.15) is 0 Å². The van der Waals surface area contributed by atoms with Gasteiger partial charge in [0.05, 0.1) is 0 Å². The van der Waals surface area contributed by atoms with Crippen LogP contribution in [0.2, 0.25) is 0 Å². The predicted molar refractivity (Wildman–Crippen MR) is 217 cm³/mol. The van der Waals surface area contributed by atoms with E-state index in [4.69, 9.17) is 0 Å². The van der Waals surface area contributed by atoms with Crippen LogP contribution in [0.25, 0.3) is 17.2 Å². The zero-order valence-electron chi connectivity index (χ0n) is 31.1. The number of unbranched alkanes of at least 4 members (excludes halogenated alkanes) is 1. The first-order chi connectivity index (χ1) is 24.7. The van der Waals surface area contributed by atoms with Gasteiger partial charge in [-0.15, -0.1) is 0 Å². The minimum absolute atomic E-state index is 0.00673. The zero-order valence-corrected chi connectivity index (χ0v) is 31.1. The zero-order chi connectivity index (χ0) is 35.0. The summed E-state index contributed by atoms with van der Waals surface area (Å²) in [4.78, 5) is 2.50. The van der Waals surface area contributed by atoms with Crippen LogP contribution in [0.5, 0.6) is 0 Å². The molecule has 1 heteroatoms. The molecule has 4 bridgehead atoms. The summed E-state index contributed by atoms with van der Waals surface area (Å²) in [7, 11) is 0. The smallest absolute Gasteiger partial charge is 0.0468 e. The largest absolute Gasteiger partial charge is 0.310 e. The number of benzene rings is 5. The lowest BCUT2D eigenvalue weighted by molar-refractivity contribution is -0.0281. The molecule has 5 aromatic carbocycles. The maximum absolute atomic E-state index is 4.01. The number of hydrogen-bond acceptors (Lipinski definition) is 1. The van der Waals surface area contributed by atoms with Gasteiger partial charge in [-0.25, -0.2) is 0 Å². The van der Waals surface area contributed by atoms with Crippen molar-refractivity contribution < 1.29 is 0 Å². The van der Waals surface area contributed by atoms with Gasteiger partial charge >= 0.3 is 0 Å². The molecule has 0 heterocycles. The SMILES string of the molecule is C=Cc1ccc(C23CC4CC(C2)CC(c2ccc(N(c5ccc(CCCC)cc5)c5ccc6c(c5)-c5cc(C)ccc5C6(C)C)cc2)(C4)C3)cc1. The Labute approximate surface area is 306 Å². The van der Waals surface area contributed by atoms with Gasteiger partial charge in [0.15, 0.2) is 0 Å². The van der Waals surface area contributed by atoms with E-state index in [0.717, 1.165) is 18.3 Å². The van der Waals surface area contributed by atoms with E-state index >= 15 is 0 Å². The highest BCUT2D eigenvalue weighted by Crippen LogP contribution is 2.66. The molecule has 0 aliphatic heterocycles. The number of rotatable bonds is 9. The second kappa shape index (κ2) is 12.1. The van der Waals surface area contributed by atoms with E-state index in [1.807, 2.05) is 6.08 Å². The lowest BCUT2D eigenvalue weighted by Gasteiger charge is -2.63. The molecule has 5 aromatic rings. The first-order valence-electron chi connectivity index (χ1n) is 19.7. The molecule has 0 radical (unpaired) electrons. The molecule has 0 saturated heterocycles. The normalized spacial score (nSPS) is 25.0. The molecule has 2 unspecified atom stereocenters. The molecule has 51 heavy (non-hydrogen) atoms. The molecule has 4 saturated carbocycles. The van der Waals surface area contributed by atoms with Gasteiger partial charge in [0, 0.05) is 22.5 Å². The van der Waals surface area contributed by atoms with Crippen molar-refractivity contribution in [1.82, 2.24) is 0 Å². The Balaban J connectivity index is 1.10. The molecule has 0 spiro atoms. The summed E-state index contributed by atoms with van der Waals surface area (Å²) in [5.74, 6) is 1.66. The Hall–Kier alpha value is -4.36. The van der Waals surface area contributed by atoms with Crippen molar-refractivity contribution in [3.63, 3.8) is 0 Å². The third kappa shape index (κ3) is 5.34. The molecule has 0 amide bonds. The summed E-state index contributed by atoms with van der Waals surface area (Å²) in [6, 6.07) is 42.9. The quantitative estimate of drug-likeness (QED) is 0.151. The number of fused-ring (bicyclic) bond motifs is 3. The van der Waals surface area contributed by atoms with Crippen LogP contribution in [0.1, 0.15) is 111 Å². The molecular weight excluding hydrogens is 615 g/mol. The maximum atomic E-state index is 4.01. The summed E-state index contributed by atoms with van der Waals surface area (Å²) >= 11 is 0. The second-order valence-electron chi connectivity index (χ2n) is 17.4. The maximum Gasteiger partial charge on any atom is 0.0468 e. The number of nitrogens with zero attached hydrogens (tertiary/aromatic N) is 1. The van der Waals surface area contributed by atoms with Crippen molar-refractivity contribution in [2.45, 2.75) is 102 Å². The molecule has 2 atom stereocenters. The summed E-state index contributed by atoms with van der Waals surface area (Å²) in [5, 5.41) is 0. The highest BCUT2D eigenvalue weighted by Gasteiger charge is 2.58. The highest BCUT2D eigenvalue weighted by molar-refractivity contribution is 5.86. The van der Waals surface area contributed by atoms with Crippen molar-refractivity contribution in [1.29, 1.82) is 0 Å². The lowest BCUT2D eigenvalue weighted by Crippen LogP contribution is -2.55. The molecule has 1 nitrogen and oxygen atoms in total. The van der Waals surface area contributed by atoms with E-state index in [9.17, 15) is 0 Å². The van der Waals surface area contributed by atoms with Gasteiger partial charge in [-0.3, -0.25) is 0 Å². The van der Waals surface area contributed by atoms with Crippen LogP contribution in [-0.2, 0) is 22.7 Å². The van der Waals surface area contributed by atoms with Gasteiger partial charge in [-0.1, -0.05) is 118 Å². The number of hydrogen-bond donors (Lipinski definition) is 0. The van der Waals surface area contributed by atoms with Crippen molar-refractivity contribution in [3.05, 3.63) is 155 Å². The van der Waals surface area contributed by atoms with Crippen LogP contribution in [0.3, 0.4) is 0 Å². The van der Waals surface area contributed by atoms with E-state index in [1.165, 1.54) is 107 Å². The topological polar surface area (TPSA) is 3.24 Å². The fourth-order valence-corrected chi connectivity index (χ4v) is 11.5. The van der Waals surface area contributed by atoms with Crippen LogP contribution in [0, 0.1) is 18.8 Å². The van der Waals surface area contributed by atoms with Crippen molar-refractivity contribution in [2.24, 2.45) is 11.8 Å². The molecule has 0 aromatic heterocycles. The molecule has 5 aliphatic rings. The van der Waals surface area contributed by atoms with Gasteiger partial charge in [0.1, 0.15) is 0 Å². The van der Waals surface area contributed by atoms with E-state index in [2.05, 4.69) is 148 Å². The van der Waals surface area contributed by atoms with Gasteiger partial charge in [-0.05, 0) is 162 Å². The monoisotopic (exact) mass is 667 g/mol. The molecular formula is C50H53N.